The Kier molecular flexibility index (Phi) is 4.69. The van der Waals surface area contributed by atoms with E-state index >= 15 is 0 Å². The van der Waals surface area contributed by atoms with Crippen LogP contribution in [0.3, 0.4) is 0 Å². The first-order chi connectivity index (χ1) is 12.7. The molecule has 2 fully saturated rings. The number of nitrogens with one attached hydrogen (secondary N) is 1. The summed E-state index contributed by atoms with van der Waals surface area (Å²) in [5.74, 6) is 1.17. The number of amides is 2. The number of hydrogen-bond donors (Lipinski definition) is 1. The van der Waals surface area contributed by atoms with Gasteiger partial charge in [0.05, 0.1) is 12.5 Å². The third kappa shape index (κ3) is 3.92. The maximum atomic E-state index is 12.4. The van der Waals surface area contributed by atoms with E-state index in [1.165, 1.54) is 5.56 Å². The third-order valence-corrected chi connectivity index (χ3v) is 4.94. The normalized spacial score (nSPS) is 19.8. The zero-order valence-corrected chi connectivity index (χ0v) is 14.6. The van der Waals surface area contributed by atoms with Crippen LogP contribution in [-0.2, 0) is 22.6 Å². The van der Waals surface area contributed by atoms with Gasteiger partial charge < -0.3 is 14.7 Å². The van der Waals surface area contributed by atoms with E-state index in [0.29, 0.717) is 24.9 Å². The molecular formula is C19H22N4O3. The fraction of sp³-hybridized carbons (Fsp3) is 0.474. The van der Waals surface area contributed by atoms with Crippen molar-refractivity contribution in [2.75, 3.05) is 13.1 Å². The van der Waals surface area contributed by atoms with Gasteiger partial charge in [0.15, 0.2) is 5.82 Å². The predicted octanol–water partition coefficient (Wildman–Crippen LogP) is 1.65. The Morgan fingerprint density at radius 1 is 1.27 bits per heavy atom. The lowest BCUT2D eigenvalue weighted by Crippen LogP contribution is -2.33. The van der Waals surface area contributed by atoms with Crippen LogP contribution >= 0.6 is 0 Å². The molecule has 1 aromatic heterocycles. The Morgan fingerprint density at radius 3 is 2.85 bits per heavy atom. The maximum absolute atomic E-state index is 12.4. The van der Waals surface area contributed by atoms with Gasteiger partial charge in [0.25, 0.3) is 0 Å². The summed E-state index contributed by atoms with van der Waals surface area (Å²) in [6.07, 6.45) is 3.27. The van der Waals surface area contributed by atoms with E-state index in [1.54, 1.807) is 4.90 Å². The van der Waals surface area contributed by atoms with Gasteiger partial charge in [0.1, 0.15) is 0 Å². The number of rotatable bonds is 7. The standard InChI is InChI=1S/C19H22N4O3/c24-17-10-15(12-23(17)9-8-13-4-2-1-3-5-13)19(25)20-11-16-21-18(22-26-16)14-6-7-14/h1-5,14-15H,6-12H2,(H,20,25). The average Bonchev–Trinajstić information content (AvgIpc) is 3.29. The first-order valence-corrected chi connectivity index (χ1v) is 9.11. The monoisotopic (exact) mass is 354 g/mol. The van der Waals surface area contributed by atoms with Crippen LogP contribution in [0.5, 0.6) is 0 Å². The number of likely N-dealkylation sites (tertiary alicyclic amines) is 1. The highest BCUT2D eigenvalue weighted by Gasteiger charge is 2.34. The van der Waals surface area contributed by atoms with E-state index in [2.05, 4.69) is 15.5 Å². The molecule has 136 valence electrons. The number of nitrogens with zero attached hydrogens (tertiary/aromatic N) is 3. The molecule has 7 heteroatoms. The molecule has 0 bridgehead atoms. The zero-order valence-electron chi connectivity index (χ0n) is 14.6. The van der Waals surface area contributed by atoms with Crippen LogP contribution in [0.25, 0.3) is 0 Å². The van der Waals surface area contributed by atoms with Gasteiger partial charge in [-0.2, -0.15) is 4.98 Å². The van der Waals surface area contributed by atoms with Crippen molar-refractivity contribution in [1.82, 2.24) is 20.4 Å². The molecule has 1 aliphatic carbocycles. The molecule has 7 nitrogen and oxygen atoms in total. The summed E-state index contributed by atoms with van der Waals surface area (Å²) in [7, 11) is 0. The molecule has 1 saturated heterocycles. The molecule has 1 N–H and O–H groups in total. The molecule has 2 aliphatic rings. The summed E-state index contributed by atoms with van der Waals surface area (Å²) in [5, 5.41) is 6.75. The Hall–Kier alpha value is -2.70. The topological polar surface area (TPSA) is 88.3 Å². The fourth-order valence-corrected chi connectivity index (χ4v) is 3.23. The van der Waals surface area contributed by atoms with E-state index < -0.39 is 0 Å². The summed E-state index contributed by atoms with van der Waals surface area (Å²) < 4.78 is 5.16. The molecule has 1 atom stereocenters. The van der Waals surface area contributed by atoms with Crippen LogP contribution in [0, 0.1) is 5.92 Å². The molecule has 2 amide bonds. The van der Waals surface area contributed by atoms with Gasteiger partial charge in [-0.25, -0.2) is 0 Å². The van der Waals surface area contributed by atoms with Gasteiger partial charge in [-0.1, -0.05) is 35.5 Å². The van der Waals surface area contributed by atoms with Crippen LogP contribution in [-0.4, -0.2) is 39.9 Å². The lowest BCUT2D eigenvalue weighted by Gasteiger charge is -2.16. The highest BCUT2D eigenvalue weighted by Crippen LogP contribution is 2.38. The van der Waals surface area contributed by atoms with E-state index in [-0.39, 0.29) is 30.7 Å². The lowest BCUT2D eigenvalue weighted by molar-refractivity contribution is -0.129. The average molecular weight is 354 g/mol. The third-order valence-electron chi connectivity index (χ3n) is 4.94. The number of hydrogen-bond acceptors (Lipinski definition) is 5. The molecular weight excluding hydrogens is 332 g/mol. The van der Waals surface area contributed by atoms with Gasteiger partial charge in [0, 0.05) is 25.4 Å². The number of carbonyl (C=O) groups excluding carboxylic acids is 2. The van der Waals surface area contributed by atoms with Gasteiger partial charge in [0.2, 0.25) is 17.7 Å². The minimum Gasteiger partial charge on any atom is -0.347 e. The van der Waals surface area contributed by atoms with Crippen molar-refractivity contribution < 1.29 is 14.1 Å². The minimum absolute atomic E-state index is 0.0369. The zero-order chi connectivity index (χ0) is 17.9. The number of aromatic nitrogens is 2. The van der Waals surface area contributed by atoms with Crippen LogP contribution in [0.2, 0.25) is 0 Å². The van der Waals surface area contributed by atoms with Crippen molar-refractivity contribution in [1.29, 1.82) is 0 Å². The number of benzene rings is 1. The predicted molar refractivity (Wildman–Crippen MR) is 93.0 cm³/mol. The number of carbonyl (C=O) groups is 2. The highest BCUT2D eigenvalue weighted by atomic mass is 16.5. The summed E-state index contributed by atoms with van der Waals surface area (Å²) in [4.78, 5) is 30.6. The van der Waals surface area contributed by atoms with Crippen LogP contribution in [0.15, 0.2) is 34.9 Å². The van der Waals surface area contributed by atoms with E-state index in [4.69, 9.17) is 4.52 Å². The molecule has 1 unspecified atom stereocenters. The van der Waals surface area contributed by atoms with Crippen molar-refractivity contribution >= 4 is 11.8 Å². The molecule has 26 heavy (non-hydrogen) atoms. The van der Waals surface area contributed by atoms with Crippen molar-refractivity contribution in [3.05, 3.63) is 47.6 Å². The SMILES string of the molecule is O=C(NCc1nc(C2CC2)no1)C1CC(=O)N(CCc2ccccc2)C1. The highest BCUT2D eigenvalue weighted by molar-refractivity contribution is 5.89. The van der Waals surface area contributed by atoms with Crippen molar-refractivity contribution in [3.8, 4) is 0 Å². The smallest absolute Gasteiger partial charge is 0.246 e. The first kappa shape index (κ1) is 16.8. The fourth-order valence-electron chi connectivity index (χ4n) is 3.23. The van der Waals surface area contributed by atoms with Crippen LogP contribution in [0.4, 0.5) is 0 Å². The molecule has 2 heterocycles. The molecule has 1 aliphatic heterocycles. The van der Waals surface area contributed by atoms with Crippen molar-refractivity contribution in [3.63, 3.8) is 0 Å². The molecule has 1 aromatic carbocycles. The van der Waals surface area contributed by atoms with Gasteiger partial charge in [-0.3, -0.25) is 9.59 Å². The quantitative estimate of drug-likeness (QED) is 0.817. The molecule has 4 rings (SSSR count). The summed E-state index contributed by atoms with van der Waals surface area (Å²) in [6.45, 7) is 1.32. The second-order valence-electron chi connectivity index (χ2n) is 7.01. The molecule has 0 radical (unpaired) electrons. The summed E-state index contributed by atoms with van der Waals surface area (Å²) >= 11 is 0. The van der Waals surface area contributed by atoms with E-state index in [0.717, 1.165) is 25.1 Å². The first-order valence-electron chi connectivity index (χ1n) is 9.11. The molecule has 1 saturated carbocycles. The molecule has 0 spiro atoms. The Bertz CT molecular complexity index is 785. The summed E-state index contributed by atoms with van der Waals surface area (Å²) in [6, 6.07) is 10.0. The second kappa shape index (κ2) is 7.27. The maximum Gasteiger partial charge on any atom is 0.246 e. The van der Waals surface area contributed by atoms with Crippen LogP contribution in [0.1, 0.15) is 42.5 Å². The summed E-state index contributed by atoms with van der Waals surface area (Å²) in [5.41, 5.74) is 1.19. The minimum atomic E-state index is -0.316. The molecule has 2 aromatic rings. The van der Waals surface area contributed by atoms with Gasteiger partial charge in [-0.05, 0) is 24.8 Å². The van der Waals surface area contributed by atoms with Crippen LogP contribution < -0.4 is 5.32 Å². The van der Waals surface area contributed by atoms with Crippen molar-refractivity contribution in [2.24, 2.45) is 5.92 Å². The Balaban J connectivity index is 1.25. The largest absolute Gasteiger partial charge is 0.347 e. The van der Waals surface area contributed by atoms with E-state index in [1.807, 2.05) is 30.3 Å². The van der Waals surface area contributed by atoms with Crippen molar-refractivity contribution in [2.45, 2.75) is 38.1 Å². The lowest BCUT2D eigenvalue weighted by atomic mass is 10.1. The van der Waals surface area contributed by atoms with Gasteiger partial charge in [-0.15, -0.1) is 0 Å². The second-order valence-corrected chi connectivity index (χ2v) is 7.01. The Morgan fingerprint density at radius 2 is 2.08 bits per heavy atom. The van der Waals surface area contributed by atoms with Gasteiger partial charge >= 0.3 is 0 Å². The Labute approximate surface area is 151 Å². The van der Waals surface area contributed by atoms with E-state index in [9.17, 15) is 9.59 Å².